The molecule has 1 heterocycles. The first kappa shape index (κ1) is 8.26. The molecule has 1 aromatic carbocycles. The Balaban J connectivity index is 2.04. The Bertz CT molecular complexity index is 310. The number of benzene rings is 1. The number of hydrogen-bond donors (Lipinski definition) is 1. The standard InChI is InChI=1S/C10H11NO2/c1-11-10(12)9-8(13-9)7-5-3-2-4-6-7/h2-6,8-9H,1H3,(H,11,12)/t8-,9+/m1/s1. The topological polar surface area (TPSA) is 41.6 Å². The molecule has 3 heteroatoms. The zero-order chi connectivity index (χ0) is 9.26. The van der Waals surface area contributed by atoms with Crippen LogP contribution in [0.4, 0.5) is 0 Å². The monoisotopic (exact) mass is 177 g/mol. The van der Waals surface area contributed by atoms with Gasteiger partial charge >= 0.3 is 0 Å². The molecular weight excluding hydrogens is 166 g/mol. The highest BCUT2D eigenvalue weighted by molar-refractivity contribution is 5.83. The first-order valence-electron chi connectivity index (χ1n) is 4.25. The second-order valence-corrected chi connectivity index (χ2v) is 3.00. The van der Waals surface area contributed by atoms with Gasteiger partial charge in [0.15, 0.2) is 6.10 Å². The third-order valence-electron chi connectivity index (χ3n) is 2.12. The van der Waals surface area contributed by atoms with Gasteiger partial charge in [0.25, 0.3) is 5.91 Å². The van der Waals surface area contributed by atoms with Crippen molar-refractivity contribution in [3.8, 4) is 0 Å². The SMILES string of the molecule is CNC(=O)[C@H]1O[C@@H]1c1ccccc1. The molecule has 1 amide bonds. The number of epoxide rings is 1. The van der Waals surface area contributed by atoms with E-state index in [1.54, 1.807) is 7.05 Å². The molecule has 68 valence electrons. The van der Waals surface area contributed by atoms with E-state index in [4.69, 9.17) is 4.74 Å². The van der Waals surface area contributed by atoms with E-state index < -0.39 is 0 Å². The fraction of sp³-hybridized carbons (Fsp3) is 0.300. The van der Waals surface area contributed by atoms with Gasteiger partial charge in [-0.15, -0.1) is 0 Å². The summed E-state index contributed by atoms with van der Waals surface area (Å²) in [6, 6.07) is 9.76. The third-order valence-corrected chi connectivity index (χ3v) is 2.12. The van der Waals surface area contributed by atoms with Crippen molar-refractivity contribution in [1.82, 2.24) is 5.32 Å². The van der Waals surface area contributed by atoms with Gasteiger partial charge in [0.2, 0.25) is 0 Å². The molecule has 2 rings (SSSR count). The van der Waals surface area contributed by atoms with Crippen LogP contribution in [0.3, 0.4) is 0 Å². The Morgan fingerprint density at radius 1 is 1.38 bits per heavy atom. The van der Waals surface area contributed by atoms with Crippen molar-refractivity contribution in [1.29, 1.82) is 0 Å². The van der Waals surface area contributed by atoms with Crippen LogP contribution in [0.25, 0.3) is 0 Å². The molecule has 13 heavy (non-hydrogen) atoms. The molecule has 1 saturated heterocycles. The van der Waals surface area contributed by atoms with Crippen LogP contribution in [-0.4, -0.2) is 19.1 Å². The van der Waals surface area contributed by atoms with Crippen LogP contribution in [0.5, 0.6) is 0 Å². The van der Waals surface area contributed by atoms with Crippen molar-refractivity contribution in [3.05, 3.63) is 35.9 Å². The van der Waals surface area contributed by atoms with E-state index in [0.29, 0.717) is 0 Å². The van der Waals surface area contributed by atoms with Gasteiger partial charge in [0, 0.05) is 7.05 Å². The quantitative estimate of drug-likeness (QED) is 0.681. The van der Waals surface area contributed by atoms with Gasteiger partial charge in [0.1, 0.15) is 6.10 Å². The van der Waals surface area contributed by atoms with Crippen LogP contribution in [0.15, 0.2) is 30.3 Å². The fourth-order valence-electron chi connectivity index (χ4n) is 1.35. The number of carbonyl (C=O) groups excluding carboxylic acids is 1. The molecule has 0 saturated carbocycles. The van der Waals surface area contributed by atoms with Crippen molar-refractivity contribution in [2.24, 2.45) is 0 Å². The number of nitrogens with one attached hydrogen (secondary N) is 1. The highest BCUT2D eigenvalue weighted by Crippen LogP contribution is 2.38. The van der Waals surface area contributed by atoms with Crippen molar-refractivity contribution in [2.75, 3.05) is 7.05 Å². The Hall–Kier alpha value is -1.35. The molecule has 0 radical (unpaired) electrons. The van der Waals surface area contributed by atoms with Crippen LogP contribution >= 0.6 is 0 Å². The van der Waals surface area contributed by atoms with Crippen LogP contribution < -0.4 is 5.32 Å². The number of likely N-dealkylation sites (N-methyl/N-ethyl adjacent to an activating group) is 1. The molecular formula is C10H11NO2. The number of ether oxygens (including phenoxy) is 1. The molecule has 0 aliphatic carbocycles. The largest absolute Gasteiger partial charge is 0.357 e. The Labute approximate surface area is 76.7 Å². The van der Waals surface area contributed by atoms with Gasteiger partial charge < -0.3 is 10.1 Å². The average molecular weight is 177 g/mol. The second-order valence-electron chi connectivity index (χ2n) is 3.00. The Kier molecular flexibility index (Phi) is 2.02. The summed E-state index contributed by atoms with van der Waals surface area (Å²) in [6.07, 6.45) is -0.325. The summed E-state index contributed by atoms with van der Waals surface area (Å²) >= 11 is 0. The summed E-state index contributed by atoms with van der Waals surface area (Å²) in [5.74, 6) is -0.0474. The highest BCUT2D eigenvalue weighted by atomic mass is 16.6. The smallest absolute Gasteiger partial charge is 0.252 e. The summed E-state index contributed by atoms with van der Waals surface area (Å²) in [7, 11) is 1.62. The molecule has 1 aliphatic heterocycles. The fourth-order valence-corrected chi connectivity index (χ4v) is 1.35. The molecule has 3 nitrogen and oxygen atoms in total. The predicted molar refractivity (Wildman–Crippen MR) is 48.1 cm³/mol. The maximum Gasteiger partial charge on any atom is 0.252 e. The van der Waals surface area contributed by atoms with Crippen molar-refractivity contribution in [3.63, 3.8) is 0 Å². The van der Waals surface area contributed by atoms with E-state index in [9.17, 15) is 4.79 Å². The summed E-state index contributed by atoms with van der Waals surface area (Å²) in [5.41, 5.74) is 1.07. The number of rotatable bonds is 2. The van der Waals surface area contributed by atoms with Crippen molar-refractivity contribution in [2.45, 2.75) is 12.2 Å². The van der Waals surface area contributed by atoms with Gasteiger partial charge in [-0.2, -0.15) is 0 Å². The molecule has 1 N–H and O–H groups in total. The highest BCUT2D eigenvalue weighted by Gasteiger charge is 2.45. The lowest BCUT2D eigenvalue weighted by Crippen LogP contribution is -2.23. The number of carbonyl (C=O) groups is 1. The Morgan fingerprint density at radius 3 is 2.69 bits per heavy atom. The Morgan fingerprint density at radius 2 is 2.08 bits per heavy atom. The lowest BCUT2D eigenvalue weighted by Gasteiger charge is -1.94. The van der Waals surface area contributed by atoms with E-state index in [1.807, 2.05) is 30.3 Å². The van der Waals surface area contributed by atoms with E-state index in [-0.39, 0.29) is 18.1 Å². The van der Waals surface area contributed by atoms with Gasteiger partial charge in [-0.25, -0.2) is 0 Å². The minimum atomic E-state index is -0.285. The van der Waals surface area contributed by atoms with Gasteiger partial charge in [0.05, 0.1) is 0 Å². The molecule has 0 unspecified atom stereocenters. The first-order chi connectivity index (χ1) is 6.33. The molecule has 1 aliphatic rings. The van der Waals surface area contributed by atoms with E-state index in [0.717, 1.165) is 5.56 Å². The summed E-state index contributed by atoms with van der Waals surface area (Å²) < 4.78 is 5.24. The molecule has 0 spiro atoms. The number of hydrogen-bond acceptors (Lipinski definition) is 2. The zero-order valence-electron chi connectivity index (χ0n) is 7.36. The van der Waals surface area contributed by atoms with Crippen LogP contribution in [0.2, 0.25) is 0 Å². The molecule has 0 bridgehead atoms. The lowest BCUT2D eigenvalue weighted by molar-refractivity contribution is -0.121. The number of amides is 1. The van der Waals surface area contributed by atoms with Gasteiger partial charge in [-0.3, -0.25) is 4.79 Å². The average Bonchev–Trinajstić information content (AvgIpc) is 2.98. The maximum atomic E-state index is 11.1. The molecule has 1 aromatic rings. The predicted octanol–water partition coefficient (Wildman–Crippen LogP) is 0.872. The van der Waals surface area contributed by atoms with Gasteiger partial charge in [-0.1, -0.05) is 30.3 Å². The summed E-state index contributed by atoms with van der Waals surface area (Å²) in [5, 5.41) is 2.56. The normalized spacial score (nSPS) is 25.3. The minimum absolute atomic E-state index is 0.0406. The first-order valence-corrected chi connectivity index (χ1v) is 4.25. The van der Waals surface area contributed by atoms with Crippen LogP contribution in [-0.2, 0) is 9.53 Å². The molecule has 2 atom stereocenters. The molecule has 0 aromatic heterocycles. The van der Waals surface area contributed by atoms with E-state index >= 15 is 0 Å². The lowest BCUT2D eigenvalue weighted by atomic mass is 10.1. The second kappa shape index (κ2) is 3.18. The van der Waals surface area contributed by atoms with Crippen LogP contribution in [0, 0.1) is 0 Å². The third kappa shape index (κ3) is 1.55. The van der Waals surface area contributed by atoms with E-state index in [1.165, 1.54) is 0 Å². The van der Waals surface area contributed by atoms with Crippen molar-refractivity contribution >= 4 is 5.91 Å². The van der Waals surface area contributed by atoms with Crippen LogP contribution in [0.1, 0.15) is 11.7 Å². The molecule has 1 fully saturated rings. The maximum absolute atomic E-state index is 11.1. The van der Waals surface area contributed by atoms with Crippen molar-refractivity contribution < 1.29 is 9.53 Å². The summed E-state index contributed by atoms with van der Waals surface area (Å²) in [6.45, 7) is 0. The zero-order valence-corrected chi connectivity index (χ0v) is 7.36. The summed E-state index contributed by atoms with van der Waals surface area (Å²) in [4.78, 5) is 11.1. The van der Waals surface area contributed by atoms with E-state index in [2.05, 4.69) is 5.32 Å². The van der Waals surface area contributed by atoms with Gasteiger partial charge in [-0.05, 0) is 5.56 Å². The minimum Gasteiger partial charge on any atom is -0.357 e.